The standard InChI is InChI=1S/C18H27N5O2/c1-12-2-5-15-14(10-19-21-15)17(12)18(25)23-8-6-22(7-9-23)11-16(24)20-13-3-4-13/h10,12-13,17H,2-9,11H2,1H3,(H,19,21)(H,20,24). The van der Waals surface area contributed by atoms with E-state index >= 15 is 0 Å². The first-order valence-electron chi connectivity index (χ1n) is 9.44. The van der Waals surface area contributed by atoms with Gasteiger partial charge in [-0.2, -0.15) is 5.10 Å². The molecule has 2 N–H and O–H groups in total. The highest BCUT2D eigenvalue weighted by Gasteiger charge is 2.37. The highest BCUT2D eigenvalue weighted by Crippen LogP contribution is 2.36. The fraction of sp³-hybridized carbons (Fsp3) is 0.722. The van der Waals surface area contributed by atoms with Crippen molar-refractivity contribution in [2.45, 2.75) is 44.6 Å². The lowest BCUT2D eigenvalue weighted by molar-refractivity contribution is -0.136. The van der Waals surface area contributed by atoms with E-state index in [1.807, 2.05) is 11.1 Å². The number of H-pyrrole nitrogens is 1. The molecule has 7 nitrogen and oxygen atoms in total. The number of aryl methyl sites for hydroxylation is 1. The first-order valence-corrected chi connectivity index (χ1v) is 9.44. The van der Waals surface area contributed by atoms with E-state index in [1.165, 1.54) is 0 Å². The van der Waals surface area contributed by atoms with E-state index in [0.717, 1.165) is 50.0 Å². The van der Waals surface area contributed by atoms with Crippen molar-refractivity contribution in [3.63, 3.8) is 0 Å². The van der Waals surface area contributed by atoms with Gasteiger partial charge in [0.1, 0.15) is 0 Å². The number of aromatic nitrogens is 2. The SMILES string of the molecule is CC1CCc2[nH]ncc2C1C(=O)N1CCN(CC(=O)NC2CC2)CC1. The topological polar surface area (TPSA) is 81.3 Å². The largest absolute Gasteiger partial charge is 0.352 e. The molecule has 1 saturated heterocycles. The summed E-state index contributed by atoms with van der Waals surface area (Å²) in [6, 6.07) is 0.410. The first kappa shape index (κ1) is 16.6. The summed E-state index contributed by atoms with van der Waals surface area (Å²) in [7, 11) is 0. The fourth-order valence-electron chi connectivity index (χ4n) is 4.04. The van der Waals surface area contributed by atoms with Gasteiger partial charge in [-0.3, -0.25) is 19.6 Å². The molecule has 0 bridgehead atoms. The van der Waals surface area contributed by atoms with Gasteiger partial charge in [0, 0.05) is 43.5 Å². The summed E-state index contributed by atoms with van der Waals surface area (Å²) in [5.41, 5.74) is 2.20. The van der Waals surface area contributed by atoms with Crippen molar-refractivity contribution >= 4 is 11.8 Å². The van der Waals surface area contributed by atoms with Crippen molar-refractivity contribution < 1.29 is 9.59 Å². The van der Waals surface area contributed by atoms with Crippen LogP contribution in [-0.4, -0.2) is 70.6 Å². The lowest BCUT2D eigenvalue weighted by atomic mass is 9.78. The minimum atomic E-state index is -0.0767. The number of hydrogen-bond acceptors (Lipinski definition) is 4. The molecular formula is C18H27N5O2. The van der Waals surface area contributed by atoms with Crippen LogP contribution < -0.4 is 5.32 Å². The Labute approximate surface area is 148 Å². The highest BCUT2D eigenvalue weighted by molar-refractivity contribution is 5.85. The second-order valence-electron chi connectivity index (χ2n) is 7.74. The average molecular weight is 345 g/mol. The van der Waals surface area contributed by atoms with Crippen molar-refractivity contribution in [1.29, 1.82) is 0 Å². The van der Waals surface area contributed by atoms with E-state index in [2.05, 4.69) is 27.3 Å². The maximum absolute atomic E-state index is 13.1. The van der Waals surface area contributed by atoms with Crippen LogP contribution >= 0.6 is 0 Å². The summed E-state index contributed by atoms with van der Waals surface area (Å²) >= 11 is 0. The third kappa shape index (κ3) is 3.56. The predicted octanol–water partition coefficient (Wildman–Crippen LogP) is 0.498. The van der Waals surface area contributed by atoms with Crippen LogP contribution in [0.3, 0.4) is 0 Å². The lowest BCUT2D eigenvalue weighted by Gasteiger charge is -2.38. The van der Waals surface area contributed by atoms with Gasteiger partial charge >= 0.3 is 0 Å². The Hall–Kier alpha value is -1.89. The van der Waals surface area contributed by atoms with Crippen LogP contribution in [-0.2, 0) is 16.0 Å². The van der Waals surface area contributed by atoms with Crippen molar-refractivity contribution in [1.82, 2.24) is 25.3 Å². The molecular weight excluding hydrogens is 318 g/mol. The number of hydrogen-bond donors (Lipinski definition) is 2. The summed E-state index contributed by atoms with van der Waals surface area (Å²) in [4.78, 5) is 29.1. The summed E-state index contributed by atoms with van der Waals surface area (Å²) in [6.45, 7) is 5.55. The Morgan fingerprint density at radius 2 is 2.00 bits per heavy atom. The number of nitrogens with zero attached hydrogens (tertiary/aromatic N) is 3. The molecule has 2 aliphatic carbocycles. The number of carbonyl (C=O) groups is 2. The zero-order valence-electron chi connectivity index (χ0n) is 14.8. The van der Waals surface area contributed by atoms with E-state index in [4.69, 9.17) is 0 Å². The average Bonchev–Trinajstić information content (AvgIpc) is 3.28. The zero-order chi connectivity index (χ0) is 17.4. The van der Waals surface area contributed by atoms with E-state index in [1.54, 1.807) is 0 Å². The summed E-state index contributed by atoms with van der Waals surface area (Å²) in [5.74, 6) is 0.607. The Kier molecular flexibility index (Phi) is 4.50. The van der Waals surface area contributed by atoms with E-state index in [-0.39, 0.29) is 17.7 Å². The van der Waals surface area contributed by atoms with Crippen LogP contribution in [0, 0.1) is 5.92 Å². The van der Waals surface area contributed by atoms with Crippen LogP contribution in [0.4, 0.5) is 0 Å². The molecule has 3 aliphatic rings. The molecule has 0 radical (unpaired) electrons. The molecule has 2 atom stereocenters. The maximum atomic E-state index is 13.1. The third-order valence-corrected chi connectivity index (χ3v) is 5.77. The number of fused-ring (bicyclic) bond motifs is 1. The molecule has 2 fully saturated rings. The molecule has 1 saturated carbocycles. The van der Waals surface area contributed by atoms with Crippen LogP contribution in [0.5, 0.6) is 0 Å². The van der Waals surface area contributed by atoms with Gasteiger partial charge in [0.25, 0.3) is 0 Å². The molecule has 7 heteroatoms. The maximum Gasteiger partial charge on any atom is 0.234 e. The minimum Gasteiger partial charge on any atom is -0.352 e. The smallest absolute Gasteiger partial charge is 0.234 e. The Morgan fingerprint density at radius 1 is 1.24 bits per heavy atom. The van der Waals surface area contributed by atoms with Crippen LogP contribution in [0.15, 0.2) is 6.20 Å². The molecule has 1 aromatic rings. The van der Waals surface area contributed by atoms with Gasteiger partial charge in [-0.1, -0.05) is 6.92 Å². The van der Waals surface area contributed by atoms with E-state index in [9.17, 15) is 9.59 Å². The van der Waals surface area contributed by atoms with Gasteiger partial charge in [-0.25, -0.2) is 0 Å². The van der Waals surface area contributed by atoms with Gasteiger partial charge in [0.05, 0.1) is 18.7 Å². The number of carbonyl (C=O) groups excluding carboxylic acids is 2. The summed E-state index contributed by atoms with van der Waals surface area (Å²) in [5, 5.41) is 10.2. The predicted molar refractivity (Wildman–Crippen MR) is 93.0 cm³/mol. The first-order chi connectivity index (χ1) is 12.1. The van der Waals surface area contributed by atoms with Gasteiger partial charge in [0.2, 0.25) is 11.8 Å². The van der Waals surface area contributed by atoms with Crippen molar-refractivity contribution in [2.75, 3.05) is 32.7 Å². The summed E-state index contributed by atoms with van der Waals surface area (Å²) in [6.07, 6.45) is 6.05. The molecule has 4 rings (SSSR count). The minimum absolute atomic E-state index is 0.0767. The lowest BCUT2D eigenvalue weighted by Crippen LogP contribution is -2.52. The number of rotatable bonds is 4. The molecule has 136 valence electrons. The Bertz CT molecular complexity index is 646. The van der Waals surface area contributed by atoms with Crippen molar-refractivity contribution in [3.8, 4) is 0 Å². The fourth-order valence-corrected chi connectivity index (χ4v) is 4.04. The monoisotopic (exact) mass is 345 g/mol. The Morgan fingerprint density at radius 3 is 2.72 bits per heavy atom. The molecule has 2 amide bonds. The molecule has 0 spiro atoms. The molecule has 25 heavy (non-hydrogen) atoms. The summed E-state index contributed by atoms with van der Waals surface area (Å²) < 4.78 is 0. The van der Waals surface area contributed by atoms with Gasteiger partial charge in [-0.05, 0) is 31.6 Å². The molecule has 2 unspecified atom stereocenters. The van der Waals surface area contributed by atoms with Gasteiger partial charge in [0.15, 0.2) is 0 Å². The number of amides is 2. The van der Waals surface area contributed by atoms with E-state index in [0.29, 0.717) is 31.6 Å². The van der Waals surface area contributed by atoms with Crippen LogP contribution in [0.1, 0.15) is 43.4 Å². The van der Waals surface area contributed by atoms with Crippen molar-refractivity contribution in [2.24, 2.45) is 5.92 Å². The normalized spacial score (nSPS) is 27.0. The number of aromatic amines is 1. The second-order valence-corrected chi connectivity index (χ2v) is 7.74. The quantitative estimate of drug-likeness (QED) is 0.833. The van der Waals surface area contributed by atoms with Gasteiger partial charge < -0.3 is 10.2 Å². The number of nitrogens with one attached hydrogen (secondary N) is 2. The van der Waals surface area contributed by atoms with Crippen molar-refractivity contribution in [3.05, 3.63) is 17.5 Å². The molecule has 0 aromatic carbocycles. The molecule has 2 heterocycles. The zero-order valence-corrected chi connectivity index (χ0v) is 14.8. The third-order valence-electron chi connectivity index (χ3n) is 5.77. The number of piperazine rings is 1. The van der Waals surface area contributed by atoms with E-state index < -0.39 is 0 Å². The Balaban J connectivity index is 1.33. The molecule has 1 aliphatic heterocycles. The molecule has 1 aromatic heterocycles. The second kappa shape index (κ2) is 6.78. The van der Waals surface area contributed by atoms with Crippen LogP contribution in [0.2, 0.25) is 0 Å². The van der Waals surface area contributed by atoms with Gasteiger partial charge in [-0.15, -0.1) is 0 Å². The van der Waals surface area contributed by atoms with Crippen LogP contribution in [0.25, 0.3) is 0 Å². The highest BCUT2D eigenvalue weighted by atomic mass is 16.2.